The maximum atomic E-state index is 12.6. The van der Waals surface area contributed by atoms with Gasteiger partial charge in [0.1, 0.15) is 0 Å². The number of amides is 1. The van der Waals surface area contributed by atoms with E-state index in [0.29, 0.717) is 19.5 Å². The van der Waals surface area contributed by atoms with E-state index in [1.807, 2.05) is 18.2 Å². The van der Waals surface area contributed by atoms with E-state index in [2.05, 4.69) is 10.8 Å². The molecule has 1 aromatic rings. The molecule has 1 aromatic carbocycles. The van der Waals surface area contributed by atoms with E-state index in [9.17, 15) is 13.2 Å². The second kappa shape index (κ2) is 5.62. The first-order valence-electron chi connectivity index (χ1n) is 6.93. The number of nitrogens with zero attached hydrogens (tertiary/aromatic N) is 1. The number of fused-ring (bicyclic) bond motifs is 1. The van der Waals surface area contributed by atoms with Crippen molar-refractivity contribution >= 4 is 27.7 Å². The molecule has 1 N–H and O–H groups in total. The van der Waals surface area contributed by atoms with Crippen molar-refractivity contribution in [2.75, 3.05) is 19.3 Å². The zero-order chi connectivity index (χ0) is 15.0. The highest BCUT2D eigenvalue weighted by Crippen LogP contribution is 2.37. The predicted molar refractivity (Wildman–Crippen MR) is 82.8 cm³/mol. The highest BCUT2D eigenvalue weighted by molar-refractivity contribution is 8.01. The summed E-state index contributed by atoms with van der Waals surface area (Å²) in [6, 6.07) is 7.94. The lowest BCUT2D eigenvalue weighted by Gasteiger charge is -2.20. The summed E-state index contributed by atoms with van der Waals surface area (Å²) in [6.07, 6.45) is 2.60. The molecule has 1 saturated heterocycles. The molecular formula is C14H18N2O3S2. The summed E-state index contributed by atoms with van der Waals surface area (Å²) in [6.45, 7) is 1.10. The number of sulfonamides is 1. The SMILES string of the molecule is CS(=O)(=O)NC1CCN(C(=O)C2Cc3ccccc3S2)C1. The monoisotopic (exact) mass is 326 g/mol. The van der Waals surface area contributed by atoms with Crippen LogP contribution in [0, 0.1) is 0 Å². The van der Waals surface area contributed by atoms with Crippen LogP contribution in [-0.2, 0) is 21.2 Å². The minimum Gasteiger partial charge on any atom is -0.340 e. The lowest BCUT2D eigenvalue weighted by atomic mass is 10.1. The molecule has 1 fully saturated rings. The fourth-order valence-corrected chi connectivity index (χ4v) is 4.96. The van der Waals surface area contributed by atoms with Crippen LogP contribution in [0.1, 0.15) is 12.0 Å². The molecule has 0 aromatic heterocycles. The Morgan fingerprint density at radius 2 is 2.14 bits per heavy atom. The highest BCUT2D eigenvalue weighted by Gasteiger charge is 2.35. The van der Waals surface area contributed by atoms with E-state index in [1.165, 1.54) is 10.5 Å². The first kappa shape index (κ1) is 14.9. The Labute approximate surface area is 129 Å². The number of carbonyl (C=O) groups excluding carboxylic acids is 1. The number of nitrogens with one attached hydrogen (secondary N) is 1. The Bertz CT molecular complexity index is 635. The van der Waals surface area contributed by atoms with Crippen LogP contribution in [0.25, 0.3) is 0 Å². The zero-order valence-electron chi connectivity index (χ0n) is 11.8. The smallest absolute Gasteiger partial charge is 0.236 e. The lowest BCUT2D eigenvalue weighted by molar-refractivity contribution is -0.129. The van der Waals surface area contributed by atoms with Crippen molar-refractivity contribution in [3.63, 3.8) is 0 Å². The first-order valence-corrected chi connectivity index (χ1v) is 9.70. The third-order valence-electron chi connectivity index (χ3n) is 3.80. The maximum Gasteiger partial charge on any atom is 0.236 e. The summed E-state index contributed by atoms with van der Waals surface area (Å²) >= 11 is 1.62. The van der Waals surface area contributed by atoms with E-state index >= 15 is 0 Å². The average Bonchev–Trinajstić information content (AvgIpc) is 3.01. The Kier molecular flexibility index (Phi) is 3.98. The van der Waals surface area contributed by atoms with E-state index in [0.717, 1.165) is 12.7 Å². The molecule has 114 valence electrons. The van der Waals surface area contributed by atoms with Gasteiger partial charge in [0.25, 0.3) is 0 Å². The van der Waals surface area contributed by atoms with Crippen LogP contribution in [0.15, 0.2) is 29.2 Å². The molecule has 2 unspecified atom stereocenters. The molecule has 1 amide bonds. The predicted octanol–water partition coefficient (Wildman–Crippen LogP) is 0.854. The Balaban J connectivity index is 1.61. The van der Waals surface area contributed by atoms with Crippen molar-refractivity contribution < 1.29 is 13.2 Å². The number of hydrogen-bond acceptors (Lipinski definition) is 4. The van der Waals surface area contributed by atoms with Gasteiger partial charge in [0.2, 0.25) is 15.9 Å². The van der Waals surface area contributed by atoms with Gasteiger partial charge in [-0.25, -0.2) is 13.1 Å². The largest absolute Gasteiger partial charge is 0.340 e. The summed E-state index contributed by atoms with van der Waals surface area (Å²) in [5.74, 6) is 0.119. The van der Waals surface area contributed by atoms with Crippen LogP contribution in [-0.4, -0.2) is 49.9 Å². The van der Waals surface area contributed by atoms with Crippen LogP contribution in [0.5, 0.6) is 0 Å². The quantitative estimate of drug-likeness (QED) is 0.894. The lowest BCUT2D eigenvalue weighted by Crippen LogP contribution is -2.40. The van der Waals surface area contributed by atoms with Gasteiger partial charge in [-0.2, -0.15) is 0 Å². The molecule has 2 heterocycles. The van der Waals surface area contributed by atoms with Gasteiger partial charge in [0.05, 0.1) is 11.5 Å². The summed E-state index contributed by atoms with van der Waals surface area (Å²) < 4.78 is 25.1. The molecular weight excluding hydrogens is 308 g/mol. The normalized spacial score (nSPS) is 25.1. The van der Waals surface area contributed by atoms with E-state index in [-0.39, 0.29) is 17.2 Å². The Morgan fingerprint density at radius 1 is 1.38 bits per heavy atom. The molecule has 0 spiro atoms. The Hall–Kier alpha value is -1.05. The van der Waals surface area contributed by atoms with Gasteiger partial charge >= 0.3 is 0 Å². The van der Waals surface area contributed by atoms with Gasteiger partial charge in [0.15, 0.2) is 0 Å². The summed E-state index contributed by atoms with van der Waals surface area (Å²) in [5.41, 5.74) is 1.23. The molecule has 0 aliphatic carbocycles. The standard InChI is InChI=1S/C14H18N2O3S2/c1-21(18,19)15-11-6-7-16(9-11)14(17)13-8-10-4-2-3-5-12(10)20-13/h2-5,11,13,15H,6-9H2,1H3. The molecule has 2 aliphatic heterocycles. The topological polar surface area (TPSA) is 66.5 Å². The zero-order valence-corrected chi connectivity index (χ0v) is 13.4. The van der Waals surface area contributed by atoms with E-state index in [1.54, 1.807) is 16.7 Å². The fourth-order valence-electron chi connectivity index (χ4n) is 2.88. The van der Waals surface area contributed by atoms with E-state index in [4.69, 9.17) is 0 Å². The van der Waals surface area contributed by atoms with E-state index < -0.39 is 10.0 Å². The number of thioether (sulfide) groups is 1. The van der Waals surface area contributed by atoms with Crippen LogP contribution in [0.4, 0.5) is 0 Å². The summed E-state index contributed by atoms with van der Waals surface area (Å²) in [4.78, 5) is 15.5. The van der Waals surface area contributed by atoms with Crippen molar-refractivity contribution in [3.05, 3.63) is 29.8 Å². The molecule has 0 radical (unpaired) electrons. The van der Waals surface area contributed by atoms with Crippen molar-refractivity contribution in [1.82, 2.24) is 9.62 Å². The number of benzene rings is 1. The van der Waals surface area contributed by atoms with Crippen molar-refractivity contribution in [1.29, 1.82) is 0 Å². The van der Waals surface area contributed by atoms with Gasteiger partial charge in [-0.05, 0) is 24.5 Å². The minimum atomic E-state index is -3.21. The van der Waals surface area contributed by atoms with Gasteiger partial charge in [-0.3, -0.25) is 4.79 Å². The number of hydrogen-bond donors (Lipinski definition) is 1. The number of carbonyl (C=O) groups is 1. The maximum absolute atomic E-state index is 12.6. The van der Waals surface area contributed by atoms with Gasteiger partial charge in [0, 0.05) is 24.0 Å². The van der Waals surface area contributed by atoms with Gasteiger partial charge < -0.3 is 4.90 Å². The summed E-state index contributed by atoms with van der Waals surface area (Å²) in [7, 11) is -3.21. The third-order valence-corrected chi connectivity index (χ3v) is 5.87. The number of rotatable bonds is 3. The first-order chi connectivity index (χ1) is 9.92. The second-order valence-electron chi connectivity index (χ2n) is 5.58. The van der Waals surface area contributed by atoms with Crippen molar-refractivity contribution in [3.8, 4) is 0 Å². The molecule has 5 nitrogen and oxygen atoms in total. The van der Waals surface area contributed by atoms with Crippen molar-refractivity contribution in [2.24, 2.45) is 0 Å². The fraction of sp³-hybridized carbons (Fsp3) is 0.500. The van der Waals surface area contributed by atoms with Crippen LogP contribution in [0.3, 0.4) is 0 Å². The van der Waals surface area contributed by atoms with Gasteiger partial charge in [-0.15, -0.1) is 11.8 Å². The Morgan fingerprint density at radius 3 is 2.86 bits per heavy atom. The molecule has 7 heteroatoms. The molecule has 21 heavy (non-hydrogen) atoms. The summed E-state index contributed by atoms with van der Waals surface area (Å²) in [5, 5.41) is -0.0700. The molecule has 3 rings (SSSR count). The minimum absolute atomic E-state index is 0.0700. The van der Waals surface area contributed by atoms with Crippen LogP contribution < -0.4 is 4.72 Å². The van der Waals surface area contributed by atoms with Crippen molar-refractivity contribution in [2.45, 2.75) is 29.0 Å². The molecule has 2 atom stereocenters. The molecule has 0 saturated carbocycles. The third kappa shape index (κ3) is 3.41. The van der Waals surface area contributed by atoms with Crippen LogP contribution >= 0.6 is 11.8 Å². The second-order valence-corrected chi connectivity index (χ2v) is 8.60. The van der Waals surface area contributed by atoms with Gasteiger partial charge in [-0.1, -0.05) is 18.2 Å². The number of likely N-dealkylation sites (tertiary alicyclic amines) is 1. The molecule has 0 bridgehead atoms. The highest BCUT2D eigenvalue weighted by atomic mass is 32.2. The van der Waals surface area contributed by atoms with Crippen LogP contribution in [0.2, 0.25) is 0 Å². The molecule has 2 aliphatic rings. The average molecular weight is 326 g/mol.